The zero-order chi connectivity index (χ0) is 12.8. The van der Waals surface area contributed by atoms with Crippen molar-refractivity contribution < 1.29 is 4.79 Å². The van der Waals surface area contributed by atoms with Crippen LogP contribution in [0.2, 0.25) is 5.02 Å². The van der Waals surface area contributed by atoms with Gasteiger partial charge in [-0.1, -0.05) is 49.1 Å². The topological polar surface area (TPSA) is 29.1 Å². The Bertz CT molecular complexity index is 436. The number of hydrogen-bond acceptors (Lipinski definition) is 1. The van der Waals surface area contributed by atoms with Crippen molar-refractivity contribution >= 4 is 23.6 Å². The summed E-state index contributed by atoms with van der Waals surface area (Å²) in [6, 6.07) is 7.85. The van der Waals surface area contributed by atoms with Gasteiger partial charge in [-0.15, -0.1) is 0 Å². The largest absolute Gasteiger partial charge is 0.350 e. The molecular weight excluding hydrogens is 246 g/mol. The van der Waals surface area contributed by atoms with Crippen molar-refractivity contribution in [1.82, 2.24) is 5.32 Å². The number of hydrogen-bond donors (Lipinski definition) is 1. The third-order valence-electron chi connectivity index (χ3n) is 3.27. The van der Waals surface area contributed by atoms with Gasteiger partial charge < -0.3 is 5.32 Å². The molecule has 1 aromatic carbocycles. The first-order valence-corrected chi connectivity index (χ1v) is 6.86. The molecule has 0 bridgehead atoms. The Hall–Kier alpha value is -1.28. The molecule has 1 N–H and O–H groups in total. The van der Waals surface area contributed by atoms with Gasteiger partial charge in [0.1, 0.15) is 0 Å². The molecule has 3 heteroatoms. The van der Waals surface area contributed by atoms with Gasteiger partial charge in [0.2, 0.25) is 5.91 Å². The average molecular weight is 264 g/mol. The highest BCUT2D eigenvalue weighted by molar-refractivity contribution is 6.32. The number of amides is 1. The fourth-order valence-corrected chi connectivity index (χ4v) is 2.47. The summed E-state index contributed by atoms with van der Waals surface area (Å²) in [4.78, 5) is 11.8. The van der Waals surface area contributed by atoms with Crippen LogP contribution in [-0.2, 0) is 4.79 Å². The Balaban J connectivity index is 1.88. The molecule has 1 aliphatic carbocycles. The molecule has 2 nitrogen and oxygen atoms in total. The van der Waals surface area contributed by atoms with E-state index in [1.54, 1.807) is 12.2 Å². The van der Waals surface area contributed by atoms with Crippen molar-refractivity contribution in [3.05, 3.63) is 40.9 Å². The van der Waals surface area contributed by atoms with Crippen LogP contribution in [0.25, 0.3) is 6.08 Å². The van der Waals surface area contributed by atoms with Crippen molar-refractivity contribution in [2.45, 2.75) is 38.1 Å². The van der Waals surface area contributed by atoms with E-state index in [-0.39, 0.29) is 5.91 Å². The van der Waals surface area contributed by atoms with E-state index in [0.29, 0.717) is 11.1 Å². The zero-order valence-electron chi connectivity index (χ0n) is 10.4. The molecule has 1 saturated carbocycles. The summed E-state index contributed by atoms with van der Waals surface area (Å²) in [5, 5.41) is 3.71. The number of rotatable bonds is 3. The summed E-state index contributed by atoms with van der Waals surface area (Å²) in [5.41, 5.74) is 0.873. The van der Waals surface area contributed by atoms with Crippen LogP contribution in [0.4, 0.5) is 0 Å². The van der Waals surface area contributed by atoms with Crippen molar-refractivity contribution in [1.29, 1.82) is 0 Å². The third-order valence-corrected chi connectivity index (χ3v) is 3.62. The van der Waals surface area contributed by atoms with Gasteiger partial charge in [0.05, 0.1) is 0 Å². The molecular formula is C15H18ClNO. The molecule has 0 unspecified atom stereocenters. The van der Waals surface area contributed by atoms with E-state index in [1.165, 1.54) is 19.3 Å². The highest BCUT2D eigenvalue weighted by atomic mass is 35.5. The van der Waals surface area contributed by atoms with Crippen LogP contribution in [0.5, 0.6) is 0 Å². The zero-order valence-corrected chi connectivity index (χ0v) is 11.1. The summed E-state index contributed by atoms with van der Waals surface area (Å²) in [6.07, 6.45) is 9.27. The molecule has 0 radical (unpaired) electrons. The second-order valence-corrected chi connectivity index (χ2v) is 5.11. The van der Waals surface area contributed by atoms with E-state index in [2.05, 4.69) is 5.32 Å². The molecule has 1 fully saturated rings. The normalized spacial score (nSPS) is 16.9. The van der Waals surface area contributed by atoms with Crippen LogP contribution in [-0.4, -0.2) is 11.9 Å². The van der Waals surface area contributed by atoms with Gasteiger partial charge in [0.15, 0.2) is 0 Å². The number of carbonyl (C=O) groups is 1. The fourth-order valence-electron chi connectivity index (χ4n) is 2.27. The average Bonchev–Trinajstić information content (AvgIpc) is 2.39. The van der Waals surface area contributed by atoms with Gasteiger partial charge in [-0.3, -0.25) is 4.79 Å². The smallest absolute Gasteiger partial charge is 0.244 e. The van der Waals surface area contributed by atoms with Gasteiger partial charge in [-0.2, -0.15) is 0 Å². The first-order valence-electron chi connectivity index (χ1n) is 6.49. The predicted molar refractivity (Wildman–Crippen MR) is 75.5 cm³/mol. The lowest BCUT2D eigenvalue weighted by Crippen LogP contribution is -2.34. The van der Waals surface area contributed by atoms with Crippen molar-refractivity contribution in [3.63, 3.8) is 0 Å². The van der Waals surface area contributed by atoms with Crippen molar-refractivity contribution in [3.8, 4) is 0 Å². The molecule has 1 aromatic rings. The minimum absolute atomic E-state index is 0.0261. The molecule has 1 amide bonds. The minimum Gasteiger partial charge on any atom is -0.350 e. The summed E-state index contributed by atoms with van der Waals surface area (Å²) in [5.74, 6) is -0.0261. The Kier molecular flexibility index (Phi) is 4.82. The second-order valence-electron chi connectivity index (χ2n) is 4.70. The summed E-state index contributed by atoms with van der Waals surface area (Å²) >= 11 is 6.02. The molecule has 0 aliphatic heterocycles. The second kappa shape index (κ2) is 6.60. The molecule has 0 atom stereocenters. The van der Waals surface area contributed by atoms with Gasteiger partial charge in [0.25, 0.3) is 0 Å². The van der Waals surface area contributed by atoms with Crippen LogP contribution < -0.4 is 5.32 Å². The Morgan fingerprint density at radius 1 is 1.22 bits per heavy atom. The van der Waals surface area contributed by atoms with Crippen molar-refractivity contribution in [2.75, 3.05) is 0 Å². The molecule has 0 aromatic heterocycles. The van der Waals surface area contributed by atoms with E-state index in [9.17, 15) is 4.79 Å². The van der Waals surface area contributed by atoms with E-state index in [1.807, 2.05) is 24.3 Å². The summed E-state index contributed by atoms with van der Waals surface area (Å²) < 4.78 is 0. The molecule has 1 aliphatic rings. The van der Waals surface area contributed by atoms with Gasteiger partial charge in [-0.25, -0.2) is 0 Å². The first-order chi connectivity index (χ1) is 8.75. The number of carbonyl (C=O) groups excluding carboxylic acids is 1. The highest BCUT2D eigenvalue weighted by Gasteiger charge is 2.14. The maximum atomic E-state index is 11.8. The standard InChI is InChI=1S/C15H18ClNO/c16-14-9-5-4-6-12(14)10-11-15(18)17-13-7-2-1-3-8-13/h4-6,9-11,13H,1-3,7-8H2,(H,17,18)/b11-10+. The molecule has 18 heavy (non-hydrogen) atoms. The Labute approximate surface area is 113 Å². The lowest BCUT2D eigenvalue weighted by molar-refractivity contribution is -0.117. The minimum atomic E-state index is -0.0261. The highest BCUT2D eigenvalue weighted by Crippen LogP contribution is 2.18. The lowest BCUT2D eigenvalue weighted by atomic mass is 9.95. The molecule has 96 valence electrons. The number of nitrogens with one attached hydrogen (secondary N) is 1. The van der Waals surface area contributed by atoms with Crippen LogP contribution in [0.3, 0.4) is 0 Å². The third kappa shape index (κ3) is 3.88. The van der Waals surface area contributed by atoms with Gasteiger partial charge in [0, 0.05) is 17.1 Å². The molecule has 0 heterocycles. The van der Waals surface area contributed by atoms with Gasteiger partial charge >= 0.3 is 0 Å². The fraction of sp³-hybridized carbons (Fsp3) is 0.400. The molecule has 0 spiro atoms. The Morgan fingerprint density at radius 3 is 2.67 bits per heavy atom. The van der Waals surface area contributed by atoms with Crippen LogP contribution in [0.15, 0.2) is 30.3 Å². The van der Waals surface area contributed by atoms with Gasteiger partial charge in [-0.05, 0) is 30.5 Å². The molecule has 2 rings (SSSR count). The quantitative estimate of drug-likeness (QED) is 0.826. The maximum Gasteiger partial charge on any atom is 0.244 e. The maximum absolute atomic E-state index is 11.8. The van der Waals surface area contributed by atoms with E-state index in [0.717, 1.165) is 18.4 Å². The molecule has 0 saturated heterocycles. The summed E-state index contributed by atoms with van der Waals surface area (Å²) in [6.45, 7) is 0. The SMILES string of the molecule is O=C(/C=C/c1ccccc1Cl)NC1CCCCC1. The summed E-state index contributed by atoms with van der Waals surface area (Å²) in [7, 11) is 0. The van der Waals surface area contributed by atoms with E-state index >= 15 is 0 Å². The van der Waals surface area contributed by atoms with E-state index < -0.39 is 0 Å². The first kappa shape index (κ1) is 13.2. The van der Waals surface area contributed by atoms with Crippen LogP contribution in [0.1, 0.15) is 37.7 Å². The van der Waals surface area contributed by atoms with Crippen molar-refractivity contribution in [2.24, 2.45) is 0 Å². The predicted octanol–water partition coefficient (Wildman–Crippen LogP) is 3.80. The van der Waals surface area contributed by atoms with Crippen LogP contribution in [0, 0.1) is 0 Å². The monoisotopic (exact) mass is 263 g/mol. The van der Waals surface area contributed by atoms with Crippen LogP contribution >= 0.6 is 11.6 Å². The lowest BCUT2D eigenvalue weighted by Gasteiger charge is -2.21. The Morgan fingerprint density at radius 2 is 1.94 bits per heavy atom. The number of benzene rings is 1. The van der Waals surface area contributed by atoms with E-state index in [4.69, 9.17) is 11.6 Å². The number of halogens is 1.